The molecular weight excluding hydrogens is 441 g/mol. The number of oxime groups is 1. The summed E-state index contributed by atoms with van der Waals surface area (Å²) in [6.07, 6.45) is 1.78. The number of aromatic nitrogens is 1. The van der Waals surface area contributed by atoms with Gasteiger partial charge in [-0.25, -0.2) is 13.2 Å². The summed E-state index contributed by atoms with van der Waals surface area (Å²) in [4.78, 5) is 14.3. The van der Waals surface area contributed by atoms with E-state index in [2.05, 4.69) is 19.9 Å². The van der Waals surface area contributed by atoms with Gasteiger partial charge >= 0.3 is 0 Å². The third-order valence-electron chi connectivity index (χ3n) is 6.30. The molecular formula is C26H25F3N4O. The van der Waals surface area contributed by atoms with Gasteiger partial charge in [0.25, 0.3) is 0 Å². The first kappa shape index (κ1) is 22.4. The molecule has 3 aromatic rings. The molecule has 34 heavy (non-hydrogen) atoms. The van der Waals surface area contributed by atoms with E-state index in [1.165, 1.54) is 12.1 Å². The lowest BCUT2D eigenvalue weighted by molar-refractivity contribution is -0.0274. The molecule has 0 radical (unpaired) electrons. The second kappa shape index (κ2) is 9.10. The fourth-order valence-electron chi connectivity index (χ4n) is 4.77. The maximum atomic E-state index is 13.7. The Morgan fingerprint density at radius 2 is 1.82 bits per heavy atom. The van der Waals surface area contributed by atoms with Crippen molar-refractivity contribution in [2.24, 2.45) is 10.6 Å². The lowest BCUT2D eigenvalue weighted by Gasteiger charge is -2.61. The van der Waals surface area contributed by atoms with E-state index in [4.69, 9.17) is 4.84 Å². The second-order valence-corrected chi connectivity index (χ2v) is 9.02. The molecule has 2 aliphatic heterocycles. The van der Waals surface area contributed by atoms with Crippen molar-refractivity contribution < 1.29 is 18.0 Å². The van der Waals surface area contributed by atoms with Crippen LogP contribution in [-0.2, 0) is 11.4 Å². The molecule has 0 amide bonds. The standard InChI is InChI=1S/C26H25F3N4O/c1-2-34-31-25(19-7-8-22(28)23(29)10-19)24-9-6-18(12-30-24)13-32-14-26(15-32)16-33(17-26)21-5-3-4-20(27)11-21/h3-12H,2,13-17H2,1H3/b31-25+. The van der Waals surface area contributed by atoms with Crippen LogP contribution in [0.25, 0.3) is 0 Å². The highest BCUT2D eigenvalue weighted by atomic mass is 19.2. The third-order valence-corrected chi connectivity index (χ3v) is 6.30. The topological polar surface area (TPSA) is 41.0 Å². The normalized spacial score (nSPS) is 17.4. The van der Waals surface area contributed by atoms with Crippen LogP contribution in [0, 0.1) is 22.9 Å². The molecule has 0 saturated carbocycles. The maximum Gasteiger partial charge on any atom is 0.159 e. The van der Waals surface area contributed by atoms with Gasteiger partial charge in [-0.2, -0.15) is 0 Å². The zero-order valence-electron chi connectivity index (χ0n) is 18.8. The molecule has 2 saturated heterocycles. The van der Waals surface area contributed by atoms with Crippen LogP contribution in [0.4, 0.5) is 18.9 Å². The Hall–Kier alpha value is -3.39. The van der Waals surface area contributed by atoms with Gasteiger partial charge in [-0.3, -0.25) is 9.88 Å². The zero-order valence-corrected chi connectivity index (χ0v) is 18.8. The summed E-state index contributed by atoms with van der Waals surface area (Å²) in [6, 6.07) is 14.1. The number of rotatable bonds is 7. The maximum absolute atomic E-state index is 13.7. The molecule has 5 rings (SSSR count). The molecule has 2 fully saturated rings. The Labute approximate surface area is 196 Å². The summed E-state index contributed by atoms with van der Waals surface area (Å²) in [5.74, 6) is -2.07. The van der Waals surface area contributed by atoms with Crippen molar-refractivity contribution in [3.05, 3.63) is 95.1 Å². The van der Waals surface area contributed by atoms with Crippen molar-refractivity contribution in [1.82, 2.24) is 9.88 Å². The number of nitrogens with zero attached hydrogens (tertiary/aromatic N) is 4. The Kier molecular flexibility index (Phi) is 6.00. The Balaban J connectivity index is 1.20. The first-order valence-corrected chi connectivity index (χ1v) is 11.3. The summed E-state index contributed by atoms with van der Waals surface area (Å²) in [7, 11) is 0. The fourth-order valence-corrected chi connectivity index (χ4v) is 4.77. The van der Waals surface area contributed by atoms with Gasteiger partial charge in [0.05, 0.1) is 5.69 Å². The predicted octanol–water partition coefficient (Wildman–Crippen LogP) is 4.61. The average Bonchev–Trinajstić information content (AvgIpc) is 2.78. The number of pyridine rings is 1. The highest BCUT2D eigenvalue weighted by Gasteiger charge is 2.51. The first-order valence-electron chi connectivity index (χ1n) is 11.3. The minimum atomic E-state index is -0.947. The predicted molar refractivity (Wildman–Crippen MR) is 124 cm³/mol. The van der Waals surface area contributed by atoms with E-state index >= 15 is 0 Å². The van der Waals surface area contributed by atoms with Crippen LogP contribution >= 0.6 is 0 Å². The molecule has 5 nitrogen and oxygen atoms in total. The molecule has 176 valence electrons. The Bertz CT molecular complexity index is 1200. The number of likely N-dealkylation sites (tertiary alicyclic amines) is 1. The van der Waals surface area contributed by atoms with Gasteiger partial charge in [-0.05, 0) is 55.0 Å². The molecule has 1 spiro atoms. The molecule has 0 atom stereocenters. The van der Waals surface area contributed by atoms with Gasteiger partial charge < -0.3 is 9.74 Å². The quantitative estimate of drug-likeness (QED) is 0.377. The molecule has 0 N–H and O–H groups in total. The Morgan fingerprint density at radius 1 is 1.00 bits per heavy atom. The number of anilines is 1. The Morgan fingerprint density at radius 3 is 2.50 bits per heavy atom. The molecule has 2 aliphatic rings. The van der Waals surface area contributed by atoms with Crippen molar-refractivity contribution >= 4 is 11.4 Å². The van der Waals surface area contributed by atoms with Gasteiger partial charge in [-0.15, -0.1) is 0 Å². The van der Waals surface area contributed by atoms with Crippen LogP contribution in [0.1, 0.15) is 23.7 Å². The van der Waals surface area contributed by atoms with Gasteiger partial charge in [0.1, 0.15) is 18.1 Å². The van der Waals surface area contributed by atoms with Crippen molar-refractivity contribution in [2.45, 2.75) is 13.5 Å². The third kappa shape index (κ3) is 4.50. The number of hydrogen-bond acceptors (Lipinski definition) is 5. The zero-order chi connectivity index (χ0) is 23.7. The van der Waals surface area contributed by atoms with E-state index in [1.54, 1.807) is 25.3 Å². The van der Waals surface area contributed by atoms with Crippen molar-refractivity contribution in [2.75, 3.05) is 37.7 Å². The summed E-state index contributed by atoms with van der Waals surface area (Å²) in [5, 5.41) is 4.07. The van der Waals surface area contributed by atoms with Crippen LogP contribution in [0.2, 0.25) is 0 Å². The highest BCUT2D eigenvalue weighted by Crippen LogP contribution is 2.42. The first-order chi connectivity index (χ1) is 16.4. The SMILES string of the molecule is CCO/N=C(\c1ccc(F)c(F)c1)c1ccc(CN2CC3(C2)CN(c2cccc(F)c2)C3)cn1. The van der Waals surface area contributed by atoms with Gasteiger partial charge in [0, 0.05) is 55.6 Å². The molecule has 3 heterocycles. The molecule has 0 unspecified atom stereocenters. The van der Waals surface area contributed by atoms with E-state index in [1.807, 2.05) is 18.2 Å². The van der Waals surface area contributed by atoms with Gasteiger partial charge in [0.15, 0.2) is 11.6 Å². The van der Waals surface area contributed by atoms with Gasteiger partial charge in [-0.1, -0.05) is 17.3 Å². The van der Waals surface area contributed by atoms with Crippen LogP contribution in [-0.4, -0.2) is 48.4 Å². The smallest absolute Gasteiger partial charge is 0.159 e. The number of benzene rings is 2. The van der Waals surface area contributed by atoms with E-state index < -0.39 is 11.6 Å². The van der Waals surface area contributed by atoms with Crippen LogP contribution in [0.15, 0.2) is 65.9 Å². The number of hydrogen-bond donors (Lipinski definition) is 0. The van der Waals surface area contributed by atoms with E-state index in [9.17, 15) is 13.2 Å². The van der Waals surface area contributed by atoms with E-state index in [0.29, 0.717) is 23.6 Å². The second-order valence-electron chi connectivity index (χ2n) is 9.02. The molecule has 2 aromatic carbocycles. The minimum absolute atomic E-state index is 0.205. The largest absolute Gasteiger partial charge is 0.396 e. The van der Waals surface area contributed by atoms with Crippen LogP contribution < -0.4 is 4.90 Å². The van der Waals surface area contributed by atoms with Crippen molar-refractivity contribution in [3.8, 4) is 0 Å². The lowest BCUT2D eigenvalue weighted by atomic mass is 9.72. The summed E-state index contributed by atoms with van der Waals surface area (Å²) in [6.45, 7) is 6.78. The van der Waals surface area contributed by atoms with E-state index in [-0.39, 0.29) is 11.2 Å². The van der Waals surface area contributed by atoms with Crippen LogP contribution in [0.5, 0.6) is 0 Å². The van der Waals surface area contributed by atoms with Gasteiger partial charge in [0.2, 0.25) is 0 Å². The summed E-state index contributed by atoms with van der Waals surface area (Å²) in [5.41, 5.74) is 3.54. The monoisotopic (exact) mass is 466 g/mol. The van der Waals surface area contributed by atoms with Crippen molar-refractivity contribution in [3.63, 3.8) is 0 Å². The van der Waals surface area contributed by atoms with E-state index in [0.717, 1.165) is 56.1 Å². The fraction of sp³-hybridized carbons (Fsp3) is 0.308. The number of halogens is 3. The summed E-state index contributed by atoms with van der Waals surface area (Å²) >= 11 is 0. The summed E-state index contributed by atoms with van der Waals surface area (Å²) < 4.78 is 40.6. The minimum Gasteiger partial charge on any atom is -0.396 e. The molecule has 1 aromatic heterocycles. The lowest BCUT2D eigenvalue weighted by Crippen LogP contribution is -2.71. The van der Waals surface area contributed by atoms with Crippen molar-refractivity contribution in [1.29, 1.82) is 0 Å². The van der Waals surface area contributed by atoms with Crippen LogP contribution in [0.3, 0.4) is 0 Å². The molecule has 0 bridgehead atoms. The average molecular weight is 467 g/mol. The molecule has 8 heteroatoms. The molecule has 0 aliphatic carbocycles. The highest BCUT2D eigenvalue weighted by molar-refractivity contribution is 6.11.